The highest BCUT2D eigenvalue weighted by molar-refractivity contribution is 5.83. The molecule has 0 aliphatic carbocycles. The number of carbonyl (C=O) groups is 3. The Hall–Kier alpha value is -1.31. The summed E-state index contributed by atoms with van der Waals surface area (Å²) in [6.45, 7) is 7.92. The summed E-state index contributed by atoms with van der Waals surface area (Å²) in [5.41, 5.74) is 5.23. The molecule has 0 radical (unpaired) electrons. The molecule has 2 N–H and O–H groups in total. The number of nitrogens with zero attached hydrogens (tertiary/aromatic N) is 2. The maximum Gasteiger partial charge on any atom is 0.231 e. The van der Waals surface area contributed by atoms with Crippen molar-refractivity contribution in [1.82, 2.24) is 9.80 Å². The van der Waals surface area contributed by atoms with E-state index in [4.69, 9.17) is 10.5 Å². The summed E-state index contributed by atoms with van der Waals surface area (Å²) in [6.07, 6.45) is 0. The highest BCUT2D eigenvalue weighted by atomic mass is 16.5. The minimum absolute atomic E-state index is 0.00917. The lowest BCUT2D eigenvalue weighted by Crippen LogP contribution is -2.44. The summed E-state index contributed by atoms with van der Waals surface area (Å²) < 4.78 is 5.01. The number of nitrogens with two attached hydrogens (primary N) is 1. The number of amides is 1. The molecule has 0 aliphatic heterocycles. The van der Waals surface area contributed by atoms with Gasteiger partial charge >= 0.3 is 0 Å². The van der Waals surface area contributed by atoms with Crippen LogP contribution in [0.15, 0.2) is 0 Å². The molecule has 0 spiro atoms. The van der Waals surface area contributed by atoms with Gasteiger partial charge in [-0.25, -0.2) is 0 Å². The maximum atomic E-state index is 11.9. The van der Waals surface area contributed by atoms with Crippen molar-refractivity contribution in [1.29, 1.82) is 0 Å². The minimum atomic E-state index is -0.410. The van der Waals surface area contributed by atoms with E-state index in [-0.39, 0.29) is 37.1 Å². The van der Waals surface area contributed by atoms with Gasteiger partial charge < -0.3 is 10.5 Å². The standard InChI is InChI=1S/C15H29N3O4/c1-12(2)14(20)10-18(9-13(3)19)6-5-17(7-8-22-4)11-15(16)21/h12H,5-11H2,1-4H3,(H2,16,21). The van der Waals surface area contributed by atoms with Crippen LogP contribution >= 0.6 is 0 Å². The SMILES string of the molecule is COCCN(CCN(CC(C)=O)CC(=O)C(C)C)CC(N)=O. The van der Waals surface area contributed by atoms with E-state index in [1.165, 1.54) is 6.92 Å². The van der Waals surface area contributed by atoms with Crippen LogP contribution in [0.25, 0.3) is 0 Å². The molecule has 22 heavy (non-hydrogen) atoms. The summed E-state index contributed by atoms with van der Waals surface area (Å²) in [6, 6.07) is 0. The third kappa shape index (κ3) is 10.4. The van der Waals surface area contributed by atoms with Gasteiger partial charge in [-0.15, -0.1) is 0 Å². The molecule has 7 heteroatoms. The molecule has 0 bridgehead atoms. The first-order valence-electron chi connectivity index (χ1n) is 7.50. The Morgan fingerprint density at radius 3 is 2.05 bits per heavy atom. The number of hydrogen-bond donors (Lipinski definition) is 1. The number of rotatable bonds is 13. The van der Waals surface area contributed by atoms with Crippen LogP contribution in [0.3, 0.4) is 0 Å². The third-order valence-corrected chi connectivity index (χ3v) is 3.19. The number of carbonyl (C=O) groups excluding carboxylic acids is 3. The minimum Gasteiger partial charge on any atom is -0.383 e. The molecular formula is C15H29N3O4. The van der Waals surface area contributed by atoms with Crippen molar-refractivity contribution in [3.8, 4) is 0 Å². The first kappa shape index (κ1) is 20.7. The summed E-state index contributed by atoms with van der Waals surface area (Å²) in [5.74, 6) is -0.369. The number of methoxy groups -OCH3 is 1. The third-order valence-electron chi connectivity index (χ3n) is 3.19. The van der Waals surface area contributed by atoms with Crippen molar-refractivity contribution in [3.05, 3.63) is 0 Å². The van der Waals surface area contributed by atoms with Gasteiger partial charge in [0, 0.05) is 32.7 Å². The molecule has 0 atom stereocenters. The molecule has 0 heterocycles. The zero-order chi connectivity index (χ0) is 17.1. The van der Waals surface area contributed by atoms with Crippen LogP contribution in [0.4, 0.5) is 0 Å². The molecule has 0 aromatic carbocycles. The fourth-order valence-electron chi connectivity index (χ4n) is 1.93. The van der Waals surface area contributed by atoms with E-state index < -0.39 is 5.91 Å². The van der Waals surface area contributed by atoms with E-state index >= 15 is 0 Å². The smallest absolute Gasteiger partial charge is 0.231 e. The van der Waals surface area contributed by atoms with E-state index in [0.717, 1.165) is 0 Å². The molecular weight excluding hydrogens is 286 g/mol. The summed E-state index contributed by atoms with van der Waals surface area (Å²) in [4.78, 5) is 38.0. The zero-order valence-corrected chi connectivity index (χ0v) is 14.1. The number of primary amides is 1. The molecule has 0 saturated heterocycles. The zero-order valence-electron chi connectivity index (χ0n) is 14.1. The predicted molar refractivity (Wildman–Crippen MR) is 84.5 cm³/mol. The summed E-state index contributed by atoms with van der Waals surface area (Å²) >= 11 is 0. The van der Waals surface area contributed by atoms with Crippen LogP contribution in [0.1, 0.15) is 20.8 Å². The van der Waals surface area contributed by atoms with Gasteiger partial charge in [-0.1, -0.05) is 13.8 Å². The number of Topliss-reactive ketones (excluding diaryl/α,β-unsaturated/α-hetero) is 2. The van der Waals surface area contributed by atoms with Gasteiger partial charge in [-0.05, 0) is 6.92 Å². The lowest BCUT2D eigenvalue weighted by molar-refractivity contribution is -0.125. The molecule has 0 saturated carbocycles. The molecule has 1 amide bonds. The monoisotopic (exact) mass is 315 g/mol. The van der Waals surface area contributed by atoms with Crippen molar-refractivity contribution < 1.29 is 19.1 Å². The van der Waals surface area contributed by atoms with Gasteiger partial charge in [0.2, 0.25) is 5.91 Å². The number of ether oxygens (including phenoxy) is 1. The van der Waals surface area contributed by atoms with Gasteiger partial charge in [-0.3, -0.25) is 24.2 Å². The fourth-order valence-corrected chi connectivity index (χ4v) is 1.93. The van der Waals surface area contributed by atoms with Crippen molar-refractivity contribution >= 4 is 17.5 Å². The van der Waals surface area contributed by atoms with Crippen LogP contribution in [0.5, 0.6) is 0 Å². The lowest BCUT2D eigenvalue weighted by Gasteiger charge is -2.26. The fraction of sp³-hybridized carbons (Fsp3) is 0.800. The highest BCUT2D eigenvalue weighted by Crippen LogP contribution is 2.00. The van der Waals surface area contributed by atoms with Gasteiger partial charge in [-0.2, -0.15) is 0 Å². The van der Waals surface area contributed by atoms with E-state index in [1.807, 2.05) is 23.6 Å². The molecule has 0 unspecified atom stereocenters. The van der Waals surface area contributed by atoms with Crippen molar-refractivity contribution in [2.75, 3.05) is 53.0 Å². The Balaban J connectivity index is 4.56. The van der Waals surface area contributed by atoms with E-state index in [9.17, 15) is 14.4 Å². The van der Waals surface area contributed by atoms with E-state index in [2.05, 4.69) is 0 Å². The van der Waals surface area contributed by atoms with E-state index in [1.54, 1.807) is 7.11 Å². The molecule has 0 aromatic heterocycles. The first-order valence-corrected chi connectivity index (χ1v) is 7.50. The van der Waals surface area contributed by atoms with Crippen LogP contribution < -0.4 is 5.73 Å². The second kappa shape index (κ2) is 11.3. The predicted octanol–water partition coefficient (Wildman–Crippen LogP) is -0.464. The van der Waals surface area contributed by atoms with Gasteiger partial charge in [0.15, 0.2) is 0 Å². The average Bonchev–Trinajstić information content (AvgIpc) is 2.40. The number of ketones is 2. The Bertz CT molecular complexity index is 372. The second-order valence-electron chi connectivity index (χ2n) is 5.77. The normalized spacial score (nSPS) is 11.4. The lowest BCUT2D eigenvalue weighted by atomic mass is 10.1. The maximum absolute atomic E-state index is 11.9. The van der Waals surface area contributed by atoms with Crippen LogP contribution in [0, 0.1) is 5.92 Å². The van der Waals surface area contributed by atoms with Crippen LogP contribution in [0.2, 0.25) is 0 Å². The van der Waals surface area contributed by atoms with Gasteiger partial charge in [0.1, 0.15) is 11.6 Å². The number of hydrogen-bond acceptors (Lipinski definition) is 6. The molecule has 0 rings (SSSR count). The summed E-state index contributed by atoms with van der Waals surface area (Å²) in [5, 5.41) is 0. The van der Waals surface area contributed by atoms with Crippen molar-refractivity contribution in [3.63, 3.8) is 0 Å². The molecule has 0 fully saturated rings. The van der Waals surface area contributed by atoms with Gasteiger partial charge in [0.05, 0.1) is 26.2 Å². The van der Waals surface area contributed by atoms with Crippen LogP contribution in [-0.2, 0) is 19.1 Å². The quantitative estimate of drug-likeness (QED) is 0.494. The Morgan fingerprint density at radius 1 is 1.00 bits per heavy atom. The van der Waals surface area contributed by atoms with Crippen molar-refractivity contribution in [2.24, 2.45) is 11.7 Å². The second-order valence-corrected chi connectivity index (χ2v) is 5.77. The highest BCUT2D eigenvalue weighted by Gasteiger charge is 2.17. The Labute approximate surface area is 132 Å². The topological polar surface area (TPSA) is 92.9 Å². The molecule has 0 aromatic rings. The summed E-state index contributed by atoms with van der Waals surface area (Å²) in [7, 11) is 1.59. The molecule has 128 valence electrons. The van der Waals surface area contributed by atoms with Crippen LogP contribution in [-0.4, -0.2) is 80.3 Å². The molecule has 0 aliphatic rings. The Kier molecular flexibility index (Phi) is 10.6. The largest absolute Gasteiger partial charge is 0.383 e. The average molecular weight is 315 g/mol. The first-order chi connectivity index (χ1) is 10.3. The van der Waals surface area contributed by atoms with Crippen molar-refractivity contribution in [2.45, 2.75) is 20.8 Å². The van der Waals surface area contributed by atoms with Gasteiger partial charge in [0.25, 0.3) is 0 Å². The van der Waals surface area contributed by atoms with E-state index in [0.29, 0.717) is 26.2 Å². The Morgan fingerprint density at radius 2 is 1.59 bits per heavy atom. The molecule has 7 nitrogen and oxygen atoms in total.